The highest BCUT2D eigenvalue weighted by Crippen LogP contribution is 2.25. The van der Waals surface area contributed by atoms with Crippen LogP contribution in [0.3, 0.4) is 0 Å². The number of carbonyl (C=O) groups is 2. The minimum Gasteiger partial charge on any atom is -0.466 e. The molecule has 1 amide bonds. The lowest BCUT2D eigenvalue weighted by Gasteiger charge is -2.07. The van der Waals surface area contributed by atoms with Crippen LogP contribution >= 0.6 is 23.1 Å². The Bertz CT molecular complexity index is 972. The van der Waals surface area contributed by atoms with Gasteiger partial charge < -0.3 is 10.1 Å². The molecule has 0 fully saturated rings. The molecule has 0 radical (unpaired) electrons. The number of ether oxygens (including phenoxy) is 1. The Hall–Kier alpha value is -2.45. The highest BCUT2D eigenvalue weighted by molar-refractivity contribution is 8.00. The number of anilines is 1. The van der Waals surface area contributed by atoms with Gasteiger partial charge in [-0.25, -0.2) is 9.97 Å². The van der Waals surface area contributed by atoms with E-state index >= 15 is 0 Å². The van der Waals surface area contributed by atoms with E-state index < -0.39 is 0 Å². The number of hydrogen-bond donors (Lipinski definition) is 1. The third-order valence-electron chi connectivity index (χ3n) is 3.64. The third kappa shape index (κ3) is 5.27. The lowest BCUT2D eigenvalue weighted by atomic mass is 10.2. The van der Waals surface area contributed by atoms with Gasteiger partial charge in [0, 0.05) is 10.8 Å². The van der Waals surface area contributed by atoms with Crippen molar-refractivity contribution in [3.8, 4) is 0 Å². The molecule has 2 aromatic heterocycles. The Morgan fingerprint density at radius 3 is 2.89 bits per heavy atom. The van der Waals surface area contributed by atoms with Crippen LogP contribution < -0.4 is 5.32 Å². The number of fused-ring (bicyclic) bond motifs is 1. The summed E-state index contributed by atoms with van der Waals surface area (Å²) < 4.78 is 4.89. The fourth-order valence-corrected chi connectivity index (χ4v) is 3.96. The van der Waals surface area contributed by atoms with Crippen LogP contribution in [-0.2, 0) is 20.7 Å². The maximum absolute atomic E-state index is 12.2. The van der Waals surface area contributed by atoms with Crippen LogP contribution in [-0.4, -0.2) is 34.2 Å². The van der Waals surface area contributed by atoms with E-state index in [1.807, 2.05) is 31.2 Å². The van der Waals surface area contributed by atoms with E-state index in [2.05, 4.69) is 21.4 Å². The Kier molecular flexibility index (Phi) is 6.41. The van der Waals surface area contributed by atoms with Crippen molar-refractivity contribution in [1.82, 2.24) is 9.97 Å². The Labute approximate surface area is 165 Å². The van der Waals surface area contributed by atoms with E-state index in [1.54, 1.807) is 12.3 Å². The molecule has 8 heteroatoms. The molecule has 0 aliphatic rings. The molecule has 140 valence electrons. The quantitative estimate of drug-likeness (QED) is 0.479. The first-order chi connectivity index (χ1) is 13.0. The summed E-state index contributed by atoms with van der Waals surface area (Å²) in [6, 6.07) is 9.98. The van der Waals surface area contributed by atoms with Crippen molar-refractivity contribution in [2.75, 3.05) is 17.7 Å². The molecule has 1 aromatic carbocycles. The van der Waals surface area contributed by atoms with Gasteiger partial charge in [0.1, 0.15) is 5.03 Å². The standard InChI is InChI=1S/C19H19N3O3S2/c1-3-25-17(24)9-14-10-27-19(20-14)22-16(23)11-26-18-12(2)8-13-6-4-5-7-15(13)21-18/h4-8,10H,3,9,11H2,1-2H3,(H,20,22,23). The van der Waals surface area contributed by atoms with E-state index in [4.69, 9.17) is 4.74 Å². The monoisotopic (exact) mass is 401 g/mol. The van der Waals surface area contributed by atoms with Crippen LogP contribution in [0.2, 0.25) is 0 Å². The van der Waals surface area contributed by atoms with Crippen LogP contribution in [0.15, 0.2) is 40.7 Å². The van der Waals surface area contributed by atoms with Crippen LogP contribution in [0.1, 0.15) is 18.2 Å². The molecule has 27 heavy (non-hydrogen) atoms. The van der Waals surface area contributed by atoms with Gasteiger partial charge in [0.15, 0.2) is 5.13 Å². The molecular formula is C19H19N3O3S2. The molecule has 0 bridgehead atoms. The minimum absolute atomic E-state index is 0.106. The molecule has 2 heterocycles. The number of esters is 1. The molecule has 0 saturated carbocycles. The fourth-order valence-electron chi connectivity index (χ4n) is 2.44. The number of carbonyl (C=O) groups excluding carboxylic acids is 2. The summed E-state index contributed by atoms with van der Waals surface area (Å²) in [5.41, 5.74) is 2.54. The van der Waals surface area contributed by atoms with Gasteiger partial charge in [0.25, 0.3) is 0 Å². The summed E-state index contributed by atoms with van der Waals surface area (Å²) in [5, 5.41) is 6.90. The summed E-state index contributed by atoms with van der Waals surface area (Å²) in [7, 11) is 0. The minimum atomic E-state index is -0.325. The first-order valence-electron chi connectivity index (χ1n) is 8.44. The van der Waals surface area contributed by atoms with E-state index in [0.717, 1.165) is 21.5 Å². The van der Waals surface area contributed by atoms with Crippen molar-refractivity contribution < 1.29 is 14.3 Å². The molecule has 0 spiro atoms. The third-order valence-corrected chi connectivity index (χ3v) is 5.54. The Balaban J connectivity index is 1.56. The van der Waals surface area contributed by atoms with Crippen LogP contribution in [0.25, 0.3) is 10.9 Å². The number of rotatable bonds is 7. The van der Waals surface area contributed by atoms with Gasteiger partial charge in [-0.3, -0.25) is 9.59 Å². The molecule has 3 rings (SSSR count). The van der Waals surface area contributed by atoms with E-state index in [0.29, 0.717) is 17.4 Å². The zero-order valence-corrected chi connectivity index (χ0v) is 16.7. The fraction of sp³-hybridized carbons (Fsp3) is 0.263. The number of thioether (sulfide) groups is 1. The van der Waals surface area contributed by atoms with Crippen molar-refractivity contribution >= 4 is 51.0 Å². The normalized spacial score (nSPS) is 10.7. The van der Waals surface area contributed by atoms with Crippen molar-refractivity contribution in [2.24, 2.45) is 0 Å². The van der Waals surface area contributed by atoms with Crippen LogP contribution in [0.4, 0.5) is 5.13 Å². The number of aromatic nitrogens is 2. The first kappa shape index (κ1) is 19.3. The molecule has 0 unspecified atom stereocenters. The highest BCUT2D eigenvalue weighted by Gasteiger charge is 2.12. The number of benzene rings is 1. The zero-order chi connectivity index (χ0) is 19.2. The average molecular weight is 402 g/mol. The van der Waals surface area contributed by atoms with Gasteiger partial charge in [-0.2, -0.15) is 0 Å². The van der Waals surface area contributed by atoms with Crippen molar-refractivity contribution in [3.05, 3.63) is 47.0 Å². The van der Waals surface area contributed by atoms with Gasteiger partial charge in [0.2, 0.25) is 5.91 Å². The van der Waals surface area contributed by atoms with Crippen molar-refractivity contribution in [1.29, 1.82) is 0 Å². The molecule has 0 atom stereocenters. The molecule has 1 N–H and O–H groups in total. The Morgan fingerprint density at radius 2 is 2.07 bits per heavy atom. The maximum Gasteiger partial charge on any atom is 0.311 e. The Morgan fingerprint density at radius 1 is 1.26 bits per heavy atom. The van der Waals surface area contributed by atoms with Crippen molar-refractivity contribution in [3.63, 3.8) is 0 Å². The molecule has 0 saturated heterocycles. The van der Waals surface area contributed by atoms with Gasteiger partial charge in [-0.1, -0.05) is 30.0 Å². The number of hydrogen-bond acceptors (Lipinski definition) is 7. The molecule has 0 aliphatic carbocycles. The number of pyridine rings is 1. The maximum atomic E-state index is 12.2. The predicted octanol–water partition coefficient (Wildman–Crippen LogP) is 3.84. The largest absolute Gasteiger partial charge is 0.466 e. The van der Waals surface area contributed by atoms with Crippen LogP contribution in [0, 0.1) is 6.92 Å². The number of para-hydroxylation sites is 1. The van der Waals surface area contributed by atoms with Crippen LogP contribution in [0.5, 0.6) is 0 Å². The number of nitrogens with one attached hydrogen (secondary N) is 1. The second kappa shape index (κ2) is 8.96. The second-order valence-corrected chi connectivity index (χ2v) is 7.59. The predicted molar refractivity (Wildman–Crippen MR) is 108 cm³/mol. The summed E-state index contributed by atoms with van der Waals surface area (Å²) in [4.78, 5) is 32.6. The SMILES string of the molecule is CCOC(=O)Cc1csc(NC(=O)CSc2nc3ccccc3cc2C)n1. The number of aryl methyl sites for hydroxylation is 1. The van der Waals surface area contributed by atoms with Gasteiger partial charge in [0.05, 0.1) is 30.0 Å². The molecular weight excluding hydrogens is 382 g/mol. The molecule has 3 aromatic rings. The lowest BCUT2D eigenvalue weighted by Crippen LogP contribution is -2.14. The van der Waals surface area contributed by atoms with E-state index in [9.17, 15) is 9.59 Å². The van der Waals surface area contributed by atoms with Gasteiger partial charge in [-0.15, -0.1) is 11.3 Å². The smallest absolute Gasteiger partial charge is 0.311 e. The summed E-state index contributed by atoms with van der Waals surface area (Å²) in [5.74, 6) is -0.251. The molecule has 0 aliphatic heterocycles. The van der Waals surface area contributed by atoms with Crippen molar-refractivity contribution in [2.45, 2.75) is 25.3 Å². The number of nitrogens with zero attached hydrogens (tertiary/aromatic N) is 2. The summed E-state index contributed by atoms with van der Waals surface area (Å²) >= 11 is 2.68. The summed E-state index contributed by atoms with van der Waals surface area (Å²) in [6.07, 6.45) is 0.106. The van der Waals surface area contributed by atoms with E-state index in [-0.39, 0.29) is 24.1 Å². The second-order valence-electron chi connectivity index (χ2n) is 5.77. The topological polar surface area (TPSA) is 81.2 Å². The number of thiazole rings is 1. The average Bonchev–Trinajstić information content (AvgIpc) is 3.06. The van der Waals surface area contributed by atoms with Gasteiger partial charge in [-0.05, 0) is 31.5 Å². The highest BCUT2D eigenvalue weighted by atomic mass is 32.2. The first-order valence-corrected chi connectivity index (χ1v) is 10.3. The zero-order valence-electron chi connectivity index (χ0n) is 15.0. The lowest BCUT2D eigenvalue weighted by molar-refractivity contribution is -0.142. The van der Waals surface area contributed by atoms with E-state index in [1.165, 1.54) is 23.1 Å². The summed E-state index contributed by atoms with van der Waals surface area (Å²) in [6.45, 7) is 4.09. The number of amides is 1. The van der Waals surface area contributed by atoms with Gasteiger partial charge >= 0.3 is 5.97 Å². The molecule has 6 nitrogen and oxygen atoms in total.